The first-order valence-electron chi connectivity index (χ1n) is 15.3. The van der Waals surface area contributed by atoms with E-state index >= 15 is 0 Å². The lowest BCUT2D eigenvalue weighted by Crippen LogP contribution is -2.65. The molecule has 2 fully saturated rings. The molecule has 0 radical (unpaired) electrons. The third kappa shape index (κ3) is 6.89. The van der Waals surface area contributed by atoms with Crippen molar-refractivity contribution in [3.8, 4) is 23.0 Å². The Hall–Kier alpha value is -3.43. The summed E-state index contributed by atoms with van der Waals surface area (Å²) < 4.78 is 22.6. The molecule has 8 nitrogen and oxygen atoms in total. The van der Waals surface area contributed by atoms with E-state index in [2.05, 4.69) is 28.8 Å². The van der Waals surface area contributed by atoms with Crippen molar-refractivity contribution in [2.75, 3.05) is 40.5 Å². The quantitative estimate of drug-likeness (QED) is 0.231. The zero-order valence-electron chi connectivity index (χ0n) is 25.8. The van der Waals surface area contributed by atoms with E-state index in [9.17, 15) is 4.79 Å². The van der Waals surface area contributed by atoms with E-state index < -0.39 is 0 Å². The second-order valence-electron chi connectivity index (χ2n) is 11.9. The Balaban J connectivity index is 1.10. The molecule has 0 spiro atoms. The molecule has 1 saturated heterocycles. The van der Waals surface area contributed by atoms with Crippen molar-refractivity contribution in [3.05, 3.63) is 93.0 Å². The van der Waals surface area contributed by atoms with Crippen LogP contribution in [0.1, 0.15) is 36.0 Å². The lowest BCUT2D eigenvalue weighted by Gasteiger charge is -2.47. The molecule has 1 amide bonds. The average molecular weight is 653 g/mol. The number of ether oxygens (including phenoxy) is 4. The smallest absolute Gasteiger partial charge is 0.251 e. The molecular weight excluding hydrogens is 613 g/mol. The van der Waals surface area contributed by atoms with Crippen molar-refractivity contribution in [3.63, 3.8) is 0 Å². The van der Waals surface area contributed by atoms with Crippen molar-refractivity contribution in [2.24, 2.45) is 0 Å². The number of fused-ring (bicyclic) bond motifs is 2. The highest BCUT2D eigenvalue weighted by Crippen LogP contribution is 2.38. The van der Waals surface area contributed by atoms with Gasteiger partial charge in [0.15, 0.2) is 17.2 Å². The summed E-state index contributed by atoms with van der Waals surface area (Å²) in [4.78, 5) is 16.0. The van der Waals surface area contributed by atoms with Crippen LogP contribution in [0, 0.1) is 6.92 Å². The van der Waals surface area contributed by atoms with Crippen LogP contribution < -0.4 is 29.6 Å². The fourth-order valence-electron chi connectivity index (χ4n) is 6.24. The topological polar surface area (TPSA) is 81.3 Å². The van der Waals surface area contributed by atoms with Crippen LogP contribution in [0.4, 0.5) is 0 Å². The number of hydrogen-bond acceptors (Lipinski definition) is 7. The van der Waals surface area contributed by atoms with Crippen molar-refractivity contribution in [2.45, 2.75) is 50.4 Å². The van der Waals surface area contributed by atoms with Gasteiger partial charge in [0.05, 0.1) is 35.8 Å². The number of carbonyl (C=O) groups excluding carboxylic acids is 1. The molecule has 3 aromatic carbocycles. The molecule has 238 valence electrons. The highest BCUT2D eigenvalue weighted by molar-refractivity contribution is 6.37. The van der Waals surface area contributed by atoms with Gasteiger partial charge < -0.3 is 29.2 Å². The molecule has 2 N–H and O–H groups in total. The summed E-state index contributed by atoms with van der Waals surface area (Å²) in [5, 5.41) is 8.38. The lowest BCUT2D eigenvalue weighted by molar-refractivity contribution is -0.129. The molecule has 2 atom stereocenters. The van der Waals surface area contributed by atoms with E-state index in [-0.39, 0.29) is 23.5 Å². The molecule has 0 aromatic heterocycles. The van der Waals surface area contributed by atoms with Gasteiger partial charge in [-0.3, -0.25) is 10.1 Å². The molecule has 6 rings (SSSR count). The Labute approximate surface area is 274 Å². The maximum absolute atomic E-state index is 14.0. The number of piperazine rings is 1. The van der Waals surface area contributed by atoms with E-state index in [0.29, 0.717) is 60.0 Å². The van der Waals surface area contributed by atoms with Crippen LogP contribution in [-0.2, 0) is 16.9 Å². The van der Waals surface area contributed by atoms with E-state index in [1.54, 1.807) is 14.2 Å². The van der Waals surface area contributed by atoms with Crippen LogP contribution in [0.2, 0.25) is 10.0 Å². The first-order valence-corrected chi connectivity index (χ1v) is 16.1. The third-order valence-electron chi connectivity index (χ3n) is 8.72. The second kappa shape index (κ2) is 13.5. The standard InChI is InChI=1S/C35H39Cl2N3O5/c1-22-16-28(36)33(29(37)17-22)45-15-14-44-26-9-5-24(6-10-26)35-13-12-27(30(39-35)19-38-21-35)34(41)40(25-7-8-25)20-23-4-11-31(42-2)32(18-23)43-3/h4-6,9-12,16-18,25,30,38-39H,7-8,13-15,19-21H2,1-3H3. The molecule has 2 bridgehead atoms. The molecule has 1 aliphatic carbocycles. The van der Waals surface area contributed by atoms with Crippen molar-refractivity contribution < 1.29 is 23.7 Å². The highest BCUT2D eigenvalue weighted by Gasteiger charge is 2.44. The van der Waals surface area contributed by atoms with Gasteiger partial charge in [-0.1, -0.05) is 47.5 Å². The molecule has 2 heterocycles. The number of nitrogens with zero attached hydrogens (tertiary/aromatic N) is 1. The van der Waals surface area contributed by atoms with Gasteiger partial charge >= 0.3 is 0 Å². The average Bonchev–Trinajstić information content (AvgIpc) is 3.88. The number of benzene rings is 3. The molecule has 1 saturated carbocycles. The van der Waals surface area contributed by atoms with Crippen LogP contribution >= 0.6 is 23.2 Å². The van der Waals surface area contributed by atoms with Crippen molar-refractivity contribution in [1.29, 1.82) is 0 Å². The number of rotatable bonds is 12. The number of aryl methyl sites for hydroxylation is 1. The lowest BCUT2D eigenvalue weighted by atomic mass is 9.78. The fourth-order valence-corrected chi connectivity index (χ4v) is 6.95. The van der Waals surface area contributed by atoms with Crippen molar-refractivity contribution >= 4 is 29.1 Å². The minimum Gasteiger partial charge on any atom is -0.493 e. The predicted octanol–water partition coefficient (Wildman–Crippen LogP) is 6.05. The first kappa shape index (κ1) is 31.5. The van der Waals surface area contributed by atoms with Gasteiger partial charge in [-0.15, -0.1) is 0 Å². The summed E-state index contributed by atoms with van der Waals surface area (Å²) in [7, 11) is 3.25. The summed E-state index contributed by atoms with van der Waals surface area (Å²) in [6.07, 6.45) is 4.91. The Morgan fingerprint density at radius 2 is 1.67 bits per heavy atom. The van der Waals surface area contributed by atoms with Gasteiger partial charge in [0.1, 0.15) is 19.0 Å². The molecule has 45 heavy (non-hydrogen) atoms. The Kier molecular flexibility index (Phi) is 9.47. The van der Waals surface area contributed by atoms with E-state index in [1.807, 2.05) is 54.3 Å². The zero-order valence-corrected chi connectivity index (χ0v) is 27.3. The highest BCUT2D eigenvalue weighted by atomic mass is 35.5. The summed E-state index contributed by atoms with van der Waals surface area (Å²) in [5.74, 6) is 2.66. The summed E-state index contributed by atoms with van der Waals surface area (Å²) in [6, 6.07) is 17.8. The number of nitrogens with one attached hydrogen (secondary N) is 2. The molecule has 3 aliphatic rings. The SMILES string of the molecule is COc1ccc(CN(C(=O)C2=CCC3(c4ccc(OCCOc5c(Cl)cc(C)cc5Cl)cc4)CNCC2N3)C2CC2)cc1OC. The van der Waals surface area contributed by atoms with E-state index in [4.69, 9.17) is 42.1 Å². The minimum atomic E-state index is -0.305. The van der Waals surface area contributed by atoms with Crippen LogP contribution in [-0.4, -0.2) is 63.4 Å². The predicted molar refractivity (Wildman–Crippen MR) is 176 cm³/mol. The Morgan fingerprint density at radius 1 is 0.956 bits per heavy atom. The van der Waals surface area contributed by atoms with Gasteiger partial charge in [0, 0.05) is 31.2 Å². The number of halogens is 2. The third-order valence-corrected chi connectivity index (χ3v) is 9.28. The van der Waals surface area contributed by atoms with Gasteiger partial charge in [-0.05, 0) is 79.3 Å². The van der Waals surface area contributed by atoms with Gasteiger partial charge in [-0.25, -0.2) is 0 Å². The number of methoxy groups -OCH3 is 2. The zero-order chi connectivity index (χ0) is 31.6. The van der Waals surface area contributed by atoms with Crippen LogP contribution in [0.3, 0.4) is 0 Å². The van der Waals surface area contributed by atoms with Gasteiger partial charge in [-0.2, -0.15) is 0 Å². The Bertz CT molecular complexity index is 1550. The van der Waals surface area contributed by atoms with Gasteiger partial charge in [0.2, 0.25) is 0 Å². The van der Waals surface area contributed by atoms with Crippen LogP contribution in [0.5, 0.6) is 23.0 Å². The van der Waals surface area contributed by atoms with E-state index in [0.717, 1.165) is 47.4 Å². The summed E-state index contributed by atoms with van der Waals surface area (Å²) >= 11 is 12.6. The second-order valence-corrected chi connectivity index (χ2v) is 12.7. The minimum absolute atomic E-state index is 0.0832. The normalized spacial score (nSPS) is 20.6. The molecule has 3 aromatic rings. The largest absolute Gasteiger partial charge is 0.493 e. The molecular formula is C35H39Cl2N3O5. The maximum atomic E-state index is 14.0. The van der Waals surface area contributed by atoms with Crippen LogP contribution in [0.25, 0.3) is 0 Å². The summed E-state index contributed by atoms with van der Waals surface area (Å²) in [6.45, 7) is 4.59. The maximum Gasteiger partial charge on any atom is 0.251 e. The number of hydrogen-bond donors (Lipinski definition) is 2. The molecule has 2 unspecified atom stereocenters. The first-order chi connectivity index (χ1) is 21.8. The fraction of sp³-hybridized carbons (Fsp3) is 0.400. The number of amides is 1. The molecule has 10 heteroatoms. The Morgan fingerprint density at radius 3 is 2.36 bits per heavy atom. The van der Waals surface area contributed by atoms with Crippen molar-refractivity contribution in [1.82, 2.24) is 15.5 Å². The monoisotopic (exact) mass is 651 g/mol. The van der Waals surface area contributed by atoms with Crippen LogP contribution in [0.15, 0.2) is 66.2 Å². The van der Waals surface area contributed by atoms with Gasteiger partial charge in [0.25, 0.3) is 5.91 Å². The van der Waals surface area contributed by atoms with E-state index in [1.165, 1.54) is 0 Å². The summed E-state index contributed by atoms with van der Waals surface area (Å²) in [5.41, 5.74) is 3.67. The number of carbonyl (C=O) groups is 1. The molecule has 2 aliphatic heterocycles.